The first-order valence-corrected chi connectivity index (χ1v) is 7.81. The van der Waals surface area contributed by atoms with Gasteiger partial charge in [0.2, 0.25) is 0 Å². The van der Waals surface area contributed by atoms with E-state index in [1.807, 2.05) is 0 Å². The normalized spacial score (nSPS) is 36.0. The molecule has 3 rings (SSSR count). The Morgan fingerprint density at radius 3 is 2.70 bits per heavy atom. The number of aryl methyl sites for hydroxylation is 1. The van der Waals surface area contributed by atoms with E-state index in [2.05, 4.69) is 52.0 Å². The third kappa shape index (κ3) is 2.19. The maximum Gasteiger partial charge on any atom is 0.0924 e. The summed E-state index contributed by atoms with van der Waals surface area (Å²) in [6.07, 6.45) is 3.60. The Balaban J connectivity index is 1.69. The highest BCUT2D eigenvalue weighted by Gasteiger charge is 2.60. The number of hydrogen-bond acceptors (Lipinski definition) is 2. The Morgan fingerprint density at radius 1 is 1.30 bits per heavy atom. The minimum absolute atomic E-state index is 0.0607. The molecule has 2 heterocycles. The number of rotatable bonds is 4. The molecular formula is C18H26O2. The molecule has 20 heavy (non-hydrogen) atoms. The Hall–Kier alpha value is -0.860. The topological polar surface area (TPSA) is 18.5 Å². The minimum Gasteiger partial charge on any atom is -0.370 e. The van der Waals surface area contributed by atoms with E-state index >= 15 is 0 Å². The lowest BCUT2D eigenvalue weighted by Gasteiger charge is -2.31. The van der Waals surface area contributed by atoms with Crippen LogP contribution in [0.5, 0.6) is 0 Å². The van der Waals surface area contributed by atoms with Gasteiger partial charge < -0.3 is 9.47 Å². The van der Waals surface area contributed by atoms with Crippen LogP contribution in [0, 0.1) is 12.8 Å². The van der Waals surface area contributed by atoms with Crippen LogP contribution in [-0.4, -0.2) is 17.3 Å². The maximum atomic E-state index is 6.42. The van der Waals surface area contributed by atoms with Crippen LogP contribution in [0.15, 0.2) is 24.3 Å². The fraction of sp³-hybridized carbons (Fsp3) is 0.667. The molecule has 2 fully saturated rings. The van der Waals surface area contributed by atoms with Crippen molar-refractivity contribution in [2.24, 2.45) is 5.92 Å². The Morgan fingerprint density at radius 2 is 2.05 bits per heavy atom. The zero-order valence-corrected chi connectivity index (χ0v) is 13.1. The van der Waals surface area contributed by atoms with Crippen LogP contribution in [0.25, 0.3) is 0 Å². The number of benzene rings is 1. The quantitative estimate of drug-likeness (QED) is 0.817. The molecule has 0 N–H and O–H groups in total. The first-order chi connectivity index (χ1) is 9.45. The summed E-state index contributed by atoms with van der Waals surface area (Å²) >= 11 is 0. The van der Waals surface area contributed by atoms with E-state index in [1.165, 1.54) is 17.5 Å². The third-order valence-electron chi connectivity index (χ3n) is 5.45. The molecule has 2 nitrogen and oxygen atoms in total. The van der Waals surface area contributed by atoms with Crippen LogP contribution in [0.3, 0.4) is 0 Å². The average Bonchev–Trinajstić information content (AvgIpc) is 2.90. The van der Waals surface area contributed by atoms with Gasteiger partial charge in [0.1, 0.15) is 0 Å². The molecule has 2 bridgehead atoms. The Bertz CT molecular complexity index is 496. The molecule has 0 radical (unpaired) electrons. The third-order valence-corrected chi connectivity index (χ3v) is 5.45. The number of hydrogen-bond donors (Lipinski definition) is 0. The molecule has 3 atom stereocenters. The molecule has 0 amide bonds. The van der Waals surface area contributed by atoms with E-state index in [1.54, 1.807) is 0 Å². The SMILES string of the molecule is Cc1ccccc1CO[C@@H]1CC2(C(C)C)CC[C@]1(C)O2. The van der Waals surface area contributed by atoms with Crippen molar-refractivity contribution in [1.82, 2.24) is 0 Å². The molecule has 1 aromatic carbocycles. The molecule has 2 aliphatic rings. The van der Waals surface area contributed by atoms with E-state index < -0.39 is 0 Å². The molecule has 1 aromatic rings. The highest BCUT2D eigenvalue weighted by molar-refractivity contribution is 5.24. The second kappa shape index (κ2) is 4.85. The standard InChI is InChI=1S/C18H26O2/c1-13(2)18-10-9-17(4,20-18)16(11-18)19-12-15-8-6-5-7-14(15)3/h5-8,13,16H,9-12H2,1-4H3/t16-,17+,18?/m1/s1. The Labute approximate surface area is 122 Å². The molecule has 2 heteroatoms. The number of fused-ring (bicyclic) bond motifs is 2. The van der Waals surface area contributed by atoms with Crippen molar-refractivity contribution in [3.8, 4) is 0 Å². The first kappa shape index (κ1) is 14.1. The summed E-state index contributed by atoms with van der Waals surface area (Å²) in [7, 11) is 0. The van der Waals surface area contributed by atoms with E-state index in [0.717, 1.165) is 12.8 Å². The van der Waals surface area contributed by atoms with E-state index in [4.69, 9.17) is 9.47 Å². The summed E-state index contributed by atoms with van der Waals surface area (Å²) in [6, 6.07) is 8.46. The molecule has 0 aromatic heterocycles. The second-order valence-electron chi connectivity index (χ2n) is 7.06. The van der Waals surface area contributed by atoms with Gasteiger partial charge in [-0.1, -0.05) is 38.1 Å². The first-order valence-electron chi connectivity index (χ1n) is 7.81. The van der Waals surface area contributed by atoms with Gasteiger partial charge in [0.05, 0.1) is 23.9 Å². The Kier molecular flexibility index (Phi) is 3.42. The summed E-state index contributed by atoms with van der Waals surface area (Å²) in [4.78, 5) is 0. The van der Waals surface area contributed by atoms with E-state index in [0.29, 0.717) is 12.5 Å². The predicted molar refractivity (Wildman–Crippen MR) is 80.7 cm³/mol. The fourth-order valence-electron chi connectivity index (χ4n) is 3.77. The van der Waals surface area contributed by atoms with Crippen molar-refractivity contribution in [2.75, 3.05) is 0 Å². The van der Waals surface area contributed by atoms with Crippen molar-refractivity contribution in [2.45, 2.75) is 70.9 Å². The molecule has 2 aliphatic heterocycles. The van der Waals surface area contributed by atoms with Crippen molar-refractivity contribution < 1.29 is 9.47 Å². The highest BCUT2D eigenvalue weighted by Crippen LogP contribution is 2.55. The molecule has 2 saturated heterocycles. The van der Waals surface area contributed by atoms with Crippen molar-refractivity contribution in [1.29, 1.82) is 0 Å². The van der Waals surface area contributed by atoms with Crippen molar-refractivity contribution in [3.05, 3.63) is 35.4 Å². The smallest absolute Gasteiger partial charge is 0.0924 e. The monoisotopic (exact) mass is 274 g/mol. The maximum absolute atomic E-state index is 6.42. The molecule has 0 spiro atoms. The molecule has 0 saturated carbocycles. The summed E-state index contributed by atoms with van der Waals surface area (Å²) in [5.41, 5.74) is 2.58. The fourth-order valence-corrected chi connectivity index (χ4v) is 3.77. The van der Waals surface area contributed by atoms with Gasteiger partial charge in [-0.3, -0.25) is 0 Å². The summed E-state index contributed by atoms with van der Waals surface area (Å²) in [5, 5.41) is 0. The van der Waals surface area contributed by atoms with Crippen LogP contribution < -0.4 is 0 Å². The van der Waals surface area contributed by atoms with Gasteiger partial charge in [0.15, 0.2) is 0 Å². The average molecular weight is 274 g/mol. The number of ether oxygens (including phenoxy) is 2. The van der Waals surface area contributed by atoms with Crippen LogP contribution in [0.2, 0.25) is 0 Å². The van der Waals surface area contributed by atoms with Crippen molar-refractivity contribution >= 4 is 0 Å². The van der Waals surface area contributed by atoms with Gasteiger partial charge in [0, 0.05) is 6.42 Å². The molecule has 110 valence electrons. The zero-order chi connectivity index (χ0) is 14.4. The van der Waals surface area contributed by atoms with Gasteiger partial charge >= 0.3 is 0 Å². The van der Waals surface area contributed by atoms with E-state index in [-0.39, 0.29) is 17.3 Å². The summed E-state index contributed by atoms with van der Waals surface area (Å²) < 4.78 is 12.7. The van der Waals surface area contributed by atoms with Crippen LogP contribution >= 0.6 is 0 Å². The summed E-state index contributed by atoms with van der Waals surface area (Å²) in [5.74, 6) is 0.566. The minimum atomic E-state index is -0.0764. The largest absolute Gasteiger partial charge is 0.370 e. The predicted octanol–water partition coefficient (Wildman–Crippen LogP) is 4.25. The van der Waals surface area contributed by atoms with Gasteiger partial charge in [0.25, 0.3) is 0 Å². The van der Waals surface area contributed by atoms with Gasteiger partial charge in [-0.15, -0.1) is 0 Å². The van der Waals surface area contributed by atoms with Crippen LogP contribution in [0.1, 0.15) is 51.2 Å². The van der Waals surface area contributed by atoms with Crippen molar-refractivity contribution in [3.63, 3.8) is 0 Å². The van der Waals surface area contributed by atoms with E-state index in [9.17, 15) is 0 Å². The molecular weight excluding hydrogens is 248 g/mol. The summed E-state index contributed by atoms with van der Waals surface area (Å²) in [6.45, 7) is 9.62. The highest BCUT2D eigenvalue weighted by atomic mass is 16.6. The molecule has 1 unspecified atom stereocenters. The van der Waals surface area contributed by atoms with Gasteiger partial charge in [-0.05, 0) is 43.7 Å². The molecule has 0 aliphatic carbocycles. The lowest BCUT2D eigenvalue weighted by molar-refractivity contribution is -0.0960. The lowest BCUT2D eigenvalue weighted by Crippen LogP contribution is -2.38. The zero-order valence-electron chi connectivity index (χ0n) is 13.1. The van der Waals surface area contributed by atoms with Gasteiger partial charge in [-0.25, -0.2) is 0 Å². The second-order valence-corrected chi connectivity index (χ2v) is 7.06. The lowest BCUT2D eigenvalue weighted by atomic mass is 9.75. The van der Waals surface area contributed by atoms with Crippen LogP contribution in [0.4, 0.5) is 0 Å². The van der Waals surface area contributed by atoms with Crippen LogP contribution in [-0.2, 0) is 16.1 Å². The van der Waals surface area contributed by atoms with Gasteiger partial charge in [-0.2, -0.15) is 0 Å².